The first-order valence-electron chi connectivity index (χ1n) is 7.88. The van der Waals surface area contributed by atoms with Gasteiger partial charge in [0.05, 0.1) is 5.39 Å². The first-order valence-corrected chi connectivity index (χ1v) is 8.70. The van der Waals surface area contributed by atoms with Gasteiger partial charge < -0.3 is 9.15 Å². The average Bonchev–Trinajstić information content (AvgIpc) is 2.86. The van der Waals surface area contributed by atoms with Crippen LogP contribution in [0.4, 0.5) is 0 Å². The van der Waals surface area contributed by atoms with Crippen molar-refractivity contribution in [2.75, 3.05) is 0 Å². The van der Waals surface area contributed by atoms with Gasteiger partial charge in [-0.15, -0.1) is 11.3 Å². The van der Waals surface area contributed by atoms with Gasteiger partial charge >= 0.3 is 5.63 Å². The van der Waals surface area contributed by atoms with E-state index < -0.39 is 0 Å². The highest BCUT2D eigenvalue weighted by molar-refractivity contribution is 7.18. The number of nitrogens with zero attached hydrogens (tertiary/aromatic N) is 2. The molecule has 0 N–H and O–H groups in total. The lowest BCUT2D eigenvalue weighted by Gasteiger charge is -2.11. The van der Waals surface area contributed by atoms with Gasteiger partial charge in [-0.3, -0.25) is 0 Å². The minimum atomic E-state index is -0.362. The maximum Gasteiger partial charge on any atom is 0.336 e. The second-order valence-electron chi connectivity index (χ2n) is 6.06. The maximum absolute atomic E-state index is 11.7. The van der Waals surface area contributed by atoms with Crippen LogP contribution in [0.3, 0.4) is 0 Å². The third kappa shape index (κ3) is 2.49. The second kappa shape index (κ2) is 5.67. The van der Waals surface area contributed by atoms with E-state index in [0.29, 0.717) is 17.2 Å². The van der Waals surface area contributed by atoms with Crippen LogP contribution in [-0.4, -0.2) is 9.97 Å². The fraction of sp³-hybridized carbons (Fsp3) is 0.211. The minimum absolute atomic E-state index is 0.362. The van der Waals surface area contributed by atoms with Crippen LogP contribution >= 0.6 is 11.3 Å². The zero-order chi connectivity index (χ0) is 17.7. The SMILES string of the molecule is Cc1sc2ncnc(Oc3ccc4c(C)cc(=O)oc4c3C)c2c1C. The summed E-state index contributed by atoms with van der Waals surface area (Å²) in [5.74, 6) is 1.13. The molecule has 0 spiro atoms. The molecular weight excluding hydrogens is 336 g/mol. The second-order valence-corrected chi connectivity index (χ2v) is 7.26. The molecule has 0 amide bonds. The van der Waals surface area contributed by atoms with Crippen molar-refractivity contribution >= 4 is 32.5 Å². The molecule has 25 heavy (non-hydrogen) atoms. The highest BCUT2D eigenvalue weighted by Crippen LogP contribution is 2.37. The number of hydrogen-bond acceptors (Lipinski definition) is 6. The van der Waals surface area contributed by atoms with Crippen LogP contribution in [0.15, 0.2) is 33.7 Å². The summed E-state index contributed by atoms with van der Waals surface area (Å²) in [5, 5.41) is 1.83. The number of thiophene rings is 1. The van der Waals surface area contributed by atoms with E-state index in [4.69, 9.17) is 9.15 Å². The van der Waals surface area contributed by atoms with Gasteiger partial charge in [0.25, 0.3) is 0 Å². The molecule has 0 atom stereocenters. The van der Waals surface area contributed by atoms with E-state index in [-0.39, 0.29) is 5.63 Å². The summed E-state index contributed by atoms with van der Waals surface area (Å²) >= 11 is 1.62. The van der Waals surface area contributed by atoms with E-state index in [9.17, 15) is 4.79 Å². The van der Waals surface area contributed by atoms with Gasteiger partial charge in [-0.05, 0) is 51.0 Å². The zero-order valence-electron chi connectivity index (χ0n) is 14.3. The molecule has 0 bridgehead atoms. The molecule has 0 unspecified atom stereocenters. The summed E-state index contributed by atoms with van der Waals surface area (Å²) in [5.41, 5.74) is 2.96. The molecule has 0 saturated carbocycles. The van der Waals surface area contributed by atoms with Crippen molar-refractivity contribution in [3.05, 3.63) is 56.5 Å². The summed E-state index contributed by atoms with van der Waals surface area (Å²) in [4.78, 5) is 22.5. The lowest BCUT2D eigenvalue weighted by atomic mass is 10.1. The Morgan fingerprint density at radius 3 is 2.68 bits per heavy atom. The summed E-state index contributed by atoms with van der Waals surface area (Å²) < 4.78 is 11.5. The zero-order valence-corrected chi connectivity index (χ0v) is 15.2. The molecule has 3 aromatic heterocycles. The minimum Gasteiger partial charge on any atom is -0.438 e. The topological polar surface area (TPSA) is 65.2 Å². The van der Waals surface area contributed by atoms with Gasteiger partial charge in [0, 0.05) is 21.9 Å². The highest BCUT2D eigenvalue weighted by Gasteiger charge is 2.16. The Kier molecular flexibility index (Phi) is 3.58. The quantitative estimate of drug-likeness (QED) is 0.484. The van der Waals surface area contributed by atoms with Crippen molar-refractivity contribution in [1.29, 1.82) is 0 Å². The third-order valence-corrected chi connectivity index (χ3v) is 5.57. The Morgan fingerprint density at radius 2 is 1.88 bits per heavy atom. The van der Waals surface area contributed by atoms with Crippen molar-refractivity contribution in [2.45, 2.75) is 27.7 Å². The van der Waals surface area contributed by atoms with Gasteiger partial charge in [0.2, 0.25) is 5.88 Å². The predicted molar refractivity (Wildman–Crippen MR) is 98.9 cm³/mol. The molecular formula is C19H16N2O3S. The third-order valence-electron chi connectivity index (χ3n) is 4.46. The summed E-state index contributed by atoms with van der Waals surface area (Å²) in [6.45, 7) is 7.87. The molecule has 0 radical (unpaired) electrons. The molecule has 0 aliphatic carbocycles. The molecule has 0 aliphatic heterocycles. The number of rotatable bonds is 2. The number of hydrogen-bond donors (Lipinski definition) is 0. The lowest BCUT2D eigenvalue weighted by Crippen LogP contribution is -2.00. The van der Waals surface area contributed by atoms with Gasteiger partial charge in [-0.1, -0.05) is 0 Å². The fourth-order valence-corrected chi connectivity index (χ4v) is 3.93. The molecule has 1 aromatic carbocycles. The maximum atomic E-state index is 11.7. The Hall–Kier alpha value is -2.73. The van der Waals surface area contributed by atoms with Gasteiger partial charge in [-0.25, -0.2) is 14.8 Å². The Morgan fingerprint density at radius 1 is 1.08 bits per heavy atom. The standard InChI is InChI=1S/C19H16N2O3S/c1-9-7-15(22)24-17-11(3)14(6-5-13(9)17)23-18-16-10(2)12(4)25-19(16)21-8-20-18/h5-8H,1-4H3. The molecule has 6 heteroatoms. The Labute approximate surface area is 147 Å². The molecule has 5 nitrogen and oxygen atoms in total. The number of aryl methyl sites for hydroxylation is 4. The largest absolute Gasteiger partial charge is 0.438 e. The van der Waals surface area contributed by atoms with Gasteiger partial charge in [0.15, 0.2) is 0 Å². The van der Waals surface area contributed by atoms with Gasteiger partial charge in [0.1, 0.15) is 22.5 Å². The number of ether oxygens (including phenoxy) is 1. The van der Waals surface area contributed by atoms with E-state index in [0.717, 1.165) is 32.3 Å². The van der Waals surface area contributed by atoms with Crippen molar-refractivity contribution < 1.29 is 9.15 Å². The first-order chi connectivity index (χ1) is 12.0. The molecule has 4 aromatic rings. The van der Waals surface area contributed by atoms with E-state index >= 15 is 0 Å². The van der Waals surface area contributed by atoms with E-state index in [1.807, 2.05) is 32.9 Å². The summed E-state index contributed by atoms with van der Waals surface area (Å²) in [6.07, 6.45) is 1.51. The van der Waals surface area contributed by atoms with Crippen LogP contribution < -0.4 is 10.4 Å². The van der Waals surface area contributed by atoms with Gasteiger partial charge in [-0.2, -0.15) is 0 Å². The summed E-state index contributed by atoms with van der Waals surface area (Å²) in [7, 11) is 0. The lowest BCUT2D eigenvalue weighted by molar-refractivity contribution is 0.462. The fourth-order valence-electron chi connectivity index (χ4n) is 2.94. The summed E-state index contributed by atoms with van der Waals surface area (Å²) in [6, 6.07) is 5.28. The van der Waals surface area contributed by atoms with Crippen LogP contribution in [-0.2, 0) is 0 Å². The van der Waals surface area contributed by atoms with Crippen molar-refractivity contribution in [3.63, 3.8) is 0 Å². The molecule has 126 valence electrons. The van der Waals surface area contributed by atoms with Crippen LogP contribution in [0.25, 0.3) is 21.2 Å². The van der Waals surface area contributed by atoms with E-state index in [1.165, 1.54) is 17.3 Å². The Bertz CT molecular complexity index is 1190. The normalized spacial score (nSPS) is 11.4. The molecule has 0 aliphatic rings. The van der Waals surface area contributed by atoms with Crippen LogP contribution in [0.2, 0.25) is 0 Å². The number of aromatic nitrogens is 2. The molecule has 0 saturated heterocycles. The molecule has 0 fully saturated rings. The van der Waals surface area contributed by atoms with E-state index in [1.54, 1.807) is 11.3 Å². The smallest absolute Gasteiger partial charge is 0.336 e. The van der Waals surface area contributed by atoms with Crippen LogP contribution in [0, 0.1) is 27.7 Å². The Balaban J connectivity index is 1.90. The van der Waals surface area contributed by atoms with Crippen molar-refractivity contribution in [1.82, 2.24) is 9.97 Å². The first kappa shape index (κ1) is 15.8. The van der Waals surface area contributed by atoms with Crippen LogP contribution in [0.5, 0.6) is 11.6 Å². The average molecular weight is 352 g/mol. The predicted octanol–water partition coefficient (Wildman–Crippen LogP) is 4.82. The van der Waals surface area contributed by atoms with E-state index in [2.05, 4.69) is 16.9 Å². The van der Waals surface area contributed by atoms with Crippen LogP contribution in [0.1, 0.15) is 21.6 Å². The molecule has 4 rings (SSSR count). The van der Waals surface area contributed by atoms with Crippen molar-refractivity contribution in [2.24, 2.45) is 0 Å². The highest BCUT2D eigenvalue weighted by atomic mass is 32.1. The monoisotopic (exact) mass is 352 g/mol. The number of benzene rings is 1. The van der Waals surface area contributed by atoms with Crippen molar-refractivity contribution in [3.8, 4) is 11.6 Å². The molecule has 3 heterocycles. The number of fused-ring (bicyclic) bond motifs is 2.